The summed E-state index contributed by atoms with van der Waals surface area (Å²) in [6.45, 7) is 0.307. The smallest absolute Gasteiger partial charge is 0.259 e. The number of halogens is 2. The van der Waals surface area contributed by atoms with Crippen molar-refractivity contribution in [1.82, 2.24) is 5.43 Å². The van der Waals surface area contributed by atoms with Gasteiger partial charge in [0.2, 0.25) is 0 Å². The van der Waals surface area contributed by atoms with Crippen LogP contribution in [-0.4, -0.2) is 25.8 Å². The van der Waals surface area contributed by atoms with Crippen LogP contribution in [-0.2, 0) is 11.4 Å². The second-order valence-corrected chi connectivity index (χ2v) is 6.85. The fraction of sp³-hybridized carbons (Fsp3) is 0.130. The van der Waals surface area contributed by atoms with E-state index in [1.807, 2.05) is 18.2 Å². The Morgan fingerprint density at radius 2 is 1.87 bits per heavy atom. The molecule has 0 fully saturated rings. The Morgan fingerprint density at radius 3 is 2.61 bits per heavy atom. The highest BCUT2D eigenvalue weighted by Gasteiger charge is 2.07. The van der Waals surface area contributed by atoms with E-state index in [-0.39, 0.29) is 18.3 Å². The van der Waals surface area contributed by atoms with E-state index >= 15 is 0 Å². The molecule has 0 saturated heterocycles. The van der Waals surface area contributed by atoms with E-state index in [0.717, 1.165) is 5.56 Å². The van der Waals surface area contributed by atoms with Crippen molar-refractivity contribution in [2.75, 3.05) is 19.0 Å². The molecule has 0 spiro atoms. The van der Waals surface area contributed by atoms with Crippen molar-refractivity contribution in [3.05, 3.63) is 88.7 Å². The summed E-state index contributed by atoms with van der Waals surface area (Å²) >= 11 is 6.15. The van der Waals surface area contributed by atoms with Crippen LogP contribution in [0.25, 0.3) is 0 Å². The van der Waals surface area contributed by atoms with E-state index < -0.39 is 0 Å². The van der Waals surface area contributed by atoms with Crippen LogP contribution in [0, 0.1) is 5.82 Å². The van der Waals surface area contributed by atoms with Crippen LogP contribution < -0.4 is 20.2 Å². The van der Waals surface area contributed by atoms with Gasteiger partial charge in [0.15, 0.2) is 11.5 Å². The van der Waals surface area contributed by atoms with Gasteiger partial charge in [-0.3, -0.25) is 4.79 Å². The first kappa shape index (κ1) is 22.1. The summed E-state index contributed by atoms with van der Waals surface area (Å²) in [4.78, 5) is 11.9. The summed E-state index contributed by atoms with van der Waals surface area (Å²) in [7, 11) is 1.54. The SMILES string of the molecule is COc1cc(/C=N\NC(=O)CNc2ccc(F)cc2)ccc1OCc1ccccc1Cl. The fourth-order valence-corrected chi connectivity index (χ4v) is 2.81. The first-order valence-electron chi connectivity index (χ1n) is 9.41. The number of hydrazone groups is 1. The number of carbonyl (C=O) groups excluding carboxylic acids is 1. The average molecular weight is 442 g/mol. The van der Waals surface area contributed by atoms with Crippen LogP contribution in [0.1, 0.15) is 11.1 Å². The van der Waals surface area contributed by atoms with Crippen molar-refractivity contribution < 1.29 is 18.7 Å². The number of nitrogens with one attached hydrogen (secondary N) is 2. The minimum Gasteiger partial charge on any atom is -0.493 e. The van der Waals surface area contributed by atoms with Crippen molar-refractivity contribution >= 4 is 29.4 Å². The van der Waals surface area contributed by atoms with E-state index in [4.69, 9.17) is 21.1 Å². The molecule has 3 aromatic rings. The molecule has 0 aliphatic heterocycles. The molecule has 8 heteroatoms. The quantitative estimate of drug-likeness (QED) is 0.375. The van der Waals surface area contributed by atoms with E-state index in [1.54, 1.807) is 43.5 Å². The van der Waals surface area contributed by atoms with Crippen LogP contribution in [0.4, 0.5) is 10.1 Å². The van der Waals surface area contributed by atoms with Gasteiger partial charge in [-0.15, -0.1) is 0 Å². The predicted molar refractivity (Wildman–Crippen MR) is 119 cm³/mol. The highest BCUT2D eigenvalue weighted by atomic mass is 35.5. The molecule has 0 aliphatic carbocycles. The minimum atomic E-state index is -0.341. The normalized spacial score (nSPS) is 10.7. The topological polar surface area (TPSA) is 72.0 Å². The molecule has 0 aromatic heterocycles. The molecule has 0 atom stereocenters. The van der Waals surface area contributed by atoms with E-state index in [2.05, 4.69) is 15.8 Å². The molecular weight excluding hydrogens is 421 g/mol. The number of nitrogens with zero attached hydrogens (tertiary/aromatic N) is 1. The lowest BCUT2D eigenvalue weighted by Crippen LogP contribution is -2.25. The molecule has 0 saturated carbocycles. The van der Waals surface area contributed by atoms with E-state index in [0.29, 0.717) is 34.4 Å². The van der Waals surface area contributed by atoms with Gasteiger partial charge in [-0.2, -0.15) is 5.10 Å². The lowest BCUT2D eigenvalue weighted by molar-refractivity contribution is -0.119. The molecule has 3 aromatic carbocycles. The summed E-state index contributed by atoms with van der Waals surface area (Å²) in [5, 5.41) is 7.45. The van der Waals surface area contributed by atoms with Crippen LogP contribution in [0.15, 0.2) is 71.8 Å². The first-order valence-corrected chi connectivity index (χ1v) is 9.78. The maximum Gasteiger partial charge on any atom is 0.259 e. The standard InChI is InChI=1S/C23H21ClFN3O3/c1-30-22-12-16(6-11-21(22)31-15-17-4-2-3-5-20(17)24)13-27-28-23(29)14-26-19-9-7-18(25)8-10-19/h2-13,26H,14-15H2,1H3,(H,28,29)/b27-13-. The van der Waals surface area contributed by atoms with E-state index in [1.165, 1.54) is 18.3 Å². The highest BCUT2D eigenvalue weighted by Crippen LogP contribution is 2.29. The maximum atomic E-state index is 12.9. The number of anilines is 1. The maximum absolute atomic E-state index is 12.9. The second-order valence-electron chi connectivity index (χ2n) is 6.44. The Labute approximate surface area is 184 Å². The molecule has 31 heavy (non-hydrogen) atoms. The monoisotopic (exact) mass is 441 g/mol. The number of hydrogen-bond donors (Lipinski definition) is 2. The Hall–Kier alpha value is -3.58. The zero-order valence-corrected chi connectivity index (χ0v) is 17.5. The molecule has 0 unspecified atom stereocenters. The fourth-order valence-electron chi connectivity index (χ4n) is 2.62. The summed E-state index contributed by atoms with van der Waals surface area (Å²) in [6, 6.07) is 18.5. The average Bonchev–Trinajstić information content (AvgIpc) is 2.78. The van der Waals surface area contributed by atoms with Crippen LogP contribution in [0.5, 0.6) is 11.5 Å². The van der Waals surface area contributed by atoms with Crippen LogP contribution in [0.2, 0.25) is 5.02 Å². The van der Waals surface area contributed by atoms with Crippen LogP contribution in [0.3, 0.4) is 0 Å². The number of hydrogen-bond acceptors (Lipinski definition) is 5. The number of benzene rings is 3. The van der Waals surface area contributed by atoms with Gasteiger partial charge in [0.05, 0.1) is 19.9 Å². The third-order valence-corrected chi connectivity index (χ3v) is 4.60. The zero-order chi connectivity index (χ0) is 22.1. The van der Waals surface area contributed by atoms with Gasteiger partial charge in [0.1, 0.15) is 12.4 Å². The Bertz CT molecular complexity index is 1060. The second kappa shape index (κ2) is 11.0. The number of rotatable bonds is 9. The van der Waals surface area contributed by atoms with Crippen molar-refractivity contribution in [3.63, 3.8) is 0 Å². The molecule has 0 aliphatic rings. The first-order chi connectivity index (χ1) is 15.0. The molecule has 6 nitrogen and oxygen atoms in total. The van der Waals surface area contributed by atoms with Gasteiger partial charge in [0, 0.05) is 16.3 Å². The molecule has 0 radical (unpaired) electrons. The molecule has 3 rings (SSSR count). The summed E-state index contributed by atoms with van der Waals surface area (Å²) < 4.78 is 24.1. The number of amides is 1. The van der Waals surface area contributed by atoms with Gasteiger partial charge in [-0.05, 0) is 54.1 Å². The molecule has 2 N–H and O–H groups in total. The van der Waals surface area contributed by atoms with Gasteiger partial charge in [-0.1, -0.05) is 29.8 Å². The Morgan fingerprint density at radius 1 is 1.10 bits per heavy atom. The molecule has 0 bridgehead atoms. The summed E-state index contributed by atoms with van der Waals surface area (Å²) in [5.41, 5.74) is 4.65. The Kier molecular flexibility index (Phi) is 7.84. The minimum absolute atomic E-state index is 0.00111. The van der Waals surface area contributed by atoms with Crippen molar-refractivity contribution in [2.24, 2.45) is 5.10 Å². The zero-order valence-electron chi connectivity index (χ0n) is 16.8. The number of ether oxygens (including phenoxy) is 2. The molecule has 160 valence electrons. The van der Waals surface area contributed by atoms with Crippen molar-refractivity contribution in [3.8, 4) is 11.5 Å². The molecule has 0 heterocycles. The van der Waals surface area contributed by atoms with Crippen molar-refractivity contribution in [2.45, 2.75) is 6.61 Å². The predicted octanol–water partition coefficient (Wildman–Crippen LogP) is 4.63. The van der Waals surface area contributed by atoms with Gasteiger partial charge in [-0.25, -0.2) is 9.82 Å². The number of carbonyl (C=O) groups is 1. The Balaban J connectivity index is 1.52. The summed E-state index contributed by atoms with van der Waals surface area (Å²) in [5.74, 6) is 0.412. The van der Waals surface area contributed by atoms with Gasteiger partial charge in [0.25, 0.3) is 5.91 Å². The lowest BCUT2D eigenvalue weighted by atomic mass is 10.2. The third-order valence-electron chi connectivity index (χ3n) is 4.23. The molecular formula is C23H21ClFN3O3. The molecule has 1 amide bonds. The van der Waals surface area contributed by atoms with Crippen molar-refractivity contribution in [1.29, 1.82) is 0 Å². The third kappa shape index (κ3) is 6.72. The lowest BCUT2D eigenvalue weighted by Gasteiger charge is -2.12. The van der Waals surface area contributed by atoms with Gasteiger partial charge >= 0.3 is 0 Å². The van der Waals surface area contributed by atoms with E-state index in [9.17, 15) is 9.18 Å². The number of methoxy groups -OCH3 is 1. The highest BCUT2D eigenvalue weighted by molar-refractivity contribution is 6.31. The largest absolute Gasteiger partial charge is 0.493 e. The van der Waals surface area contributed by atoms with Crippen LogP contribution >= 0.6 is 11.6 Å². The summed E-state index contributed by atoms with van der Waals surface area (Å²) in [6.07, 6.45) is 1.50. The van der Waals surface area contributed by atoms with Gasteiger partial charge < -0.3 is 14.8 Å².